The first kappa shape index (κ1) is 19.5. The molecule has 2 unspecified atom stereocenters. The molecule has 2 atom stereocenters. The number of piperazine rings is 1. The summed E-state index contributed by atoms with van der Waals surface area (Å²) < 4.78 is 5.45. The molecule has 0 N–H and O–H groups in total. The predicted octanol–water partition coefficient (Wildman–Crippen LogP) is 2.24. The van der Waals surface area contributed by atoms with E-state index in [-0.39, 0.29) is 23.7 Å². The van der Waals surface area contributed by atoms with Crippen molar-refractivity contribution in [2.75, 3.05) is 51.8 Å². The summed E-state index contributed by atoms with van der Waals surface area (Å²) in [5.74, 6) is 0.928. The summed E-state index contributed by atoms with van der Waals surface area (Å²) in [4.78, 5) is 31.2. The smallest absolute Gasteiger partial charge is 0.226 e. The van der Waals surface area contributed by atoms with Crippen molar-refractivity contribution in [1.82, 2.24) is 9.80 Å². The van der Waals surface area contributed by atoms with Crippen LogP contribution in [-0.4, -0.2) is 68.5 Å². The first-order chi connectivity index (χ1) is 13.1. The topological polar surface area (TPSA) is 53.1 Å². The number of anilines is 1. The third-order valence-corrected chi connectivity index (χ3v) is 5.67. The van der Waals surface area contributed by atoms with E-state index in [2.05, 4.69) is 17.9 Å². The fourth-order valence-corrected chi connectivity index (χ4v) is 3.82. The second kappa shape index (κ2) is 8.63. The molecule has 27 heavy (non-hydrogen) atoms. The molecule has 148 valence electrons. The number of ether oxygens (including phenoxy) is 1. The van der Waals surface area contributed by atoms with Crippen molar-refractivity contribution in [2.24, 2.45) is 11.8 Å². The lowest BCUT2D eigenvalue weighted by molar-refractivity contribution is -0.137. The summed E-state index contributed by atoms with van der Waals surface area (Å²) in [6.45, 7) is 5.86. The van der Waals surface area contributed by atoms with Crippen LogP contribution in [0.3, 0.4) is 0 Å². The second-order valence-electron chi connectivity index (χ2n) is 7.55. The van der Waals surface area contributed by atoms with Gasteiger partial charge in [0.1, 0.15) is 5.75 Å². The maximum atomic E-state index is 12.8. The number of hydrogen-bond acceptors (Lipinski definition) is 4. The van der Waals surface area contributed by atoms with E-state index in [0.717, 1.165) is 43.9 Å². The number of unbranched alkanes of at least 4 members (excludes halogenated alkanes) is 1. The molecule has 6 heteroatoms. The first-order valence-electron chi connectivity index (χ1n) is 9.98. The quantitative estimate of drug-likeness (QED) is 0.736. The monoisotopic (exact) mass is 373 g/mol. The number of nitrogens with zero attached hydrogens (tertiary/aromatic N) is 3. The normalized spacial score (nSPS) is 21.7. The summed E-state index contributed by atoms with van der Waals surface area (Å²) in [5.41, 5.74) is 1.07. The van der Waals surface area contributed by atoms with Gasteiger partial charge in [0.15, 0.2) is 0 Å². The zero-order chi connectivity index (χ0) is 19.4. The lowest BCUT2D eigenvalue weighted by atomic mass is 10.2. The molecule has 1 saturated heterocycles. The molecule has 2 aliphatic rings. The Labute approximate surface area is 162 Å². The van der Waals surface area contributed by atoms with E-state index < -0.39 is 0 Å². The highest BCUT2D eigenvalue weighted by atomic mass is 16.5. The van der Waals surface area contributed by atoms with Crippen LogP contribution >= 0.6 is 0 Å². The Kier molecular flexibility index (Phi) is 6.24. The average Bonchev–Trinajstić information content (AvgIpc) is 3.51. The van der Waals surface area contributed by atoms with E-state index in [1.165, 1.54) is 0 Å². The molecule has 1 aromatic rings. The fraction of sp³-hybridized carbons (Fsp3) is 0.619. The van der Waals surface area contributed by atoms with Crippen LogP contribution in [0.1, 0.15) is 26.2 Å². The molecule has 6 nitrogen and oxygen atoms in total. The number of rotatable bonds is 7. The minimum atomic E-state index is -0.112. The van der Waals surface area contributed by atoms with Gasteiger partial charge in [0, 0.05) is 39.8 Å². The molecule has 0 aromatic heterocycles. The molecule has 1 heterocycles. The van der Waals surface area contributed by atoms with Crippen LogP contribution in [0.25, 0.3) is 0 Å². The molecule has 2 amide bonds. The maximum absolute atomic E-state index is 12.8. The number of carbonyl (C=O) groups is 2. The summed E-state index contributed by atoms with van der Waals surface area (Å²) >= 11 is 0. The fourth-order valence-electron chi connectivity index (χ4n) is 3.82. The van der Waals surface area contributed by atoms with Crippen LogP contribution in [-0.2, 0) is 9.59 Å². The Morgan fingerprint density at radius 2 is 1.85 bits per heavy atom. The predicted molar refractivity (Wildman–Crippen MR) is 106 cm³/mol. The Morgan fingerprint density at radius 1 is 1.15 bits per heavy atom. The van der Waals surface area contributed by atoms with E-state index in [1.54, 1.807) is 12.0 Å². The van der Waals surface area contributed by atoms with Gasteiger partial charge in [-0.15, -0.1) is 0 Å². The second-order valence-corrected chi connectivity index (χ2v) is 7.55. The van der Waals surface area contributed by atoms with Crippen molar-refractivity contribution in [3.63, 3.8) is 0 Å². The maximum Gasteiger partial charge on any atom is 0.226 e. The van der Waals surface area contributed by atoms with Crippen molar-refractivity contribution in [1.29, 1.82) is 0 Å². The Balaban J connectivity index is 1.50. The summed E-state index contributed by atoms with van der Waals surface area (Å²) in [5, 5.41) is 0. The lowest BCUT2D eigenvalue weighted by Gasteiger charge is -2.36. The lowest BCUT2D eigenvalue weighted by Crippen LogP contribution is -2.49. The minimum Gasteiger partial charge on any atom is -0.495 e. The zero-order valence-corrected chi connectivity index (χ0v) is 16.7. The van der Waals surface area contributed by atoms with Gasteiger partial charge in [-0.05, 0) is 25.0 Å². The number of methoxy groups -OCH3 is 1. The van der Waals surface area contributed by atoms with Crippen LogP contribution in [0.5, 0.6) is 5.75 Å². The van der Waals surface area contributed by atoms with Gasteiger partial charge < -0.3 is 19.4 Å². The molecule has 2 fully saturated rings. The standard InChI is InChI=1S/C21H31N3O3/c1-4-5-10-22(2)20(25)16-15-17(16)21(26)24-13-11-23(12-14-24)18-8-6-7-9-19(18)27-3/h6-9,16-17H,4-5,10-15H2,1-3H3. The SMILES string of the molecule is CCCCN(C)C(=O)C1CC1C(=O)N1CCN(c2ccccc2OC)CC1. The zero-order valence-electron chi connectivity index (χ0n) is 16.7. The molecule has 0 radical (unpaired) electrons. The van der Waals surface area contributed by atoms with Crippen molar-refractivity contribution in [3.8, 4) is 5.75 Å². The minimum absolute atomic E-state index is 0.105. The molecular formula is C21H31N3O3. The average molecular weight is 373 g/mol. The van der Waals surface area contributed by atoms with E-state index >= 15 is 0 Å². The number of carbonyl (C=O) groups excluding carboxylic acids is 2. The van der Waals surface area contributed by atoms with Crippen LogP contribution in [0.2, 0.25) is 0 Å². The molecule has 1 saturated carbocycles. The molecule has 0 bridgehead atoms. The Morgan fingerprint density at radius 3 is 2.52 bits per heavy atom. The molecule has 1 aliphatic heterocycles. The van der Waals surface area contributed by atoms with Gasteiger partial charge in [-0.2, -0.15) is 0 Å². The van der Waals surface area contributed by atoms with Gasteiger partial charge in [-0.3, -0.25) is 9.59 Å². The van der Waals surface area contributed by atoms with Gasteiger partial charge in [0.25, 0.3) is 0 Å². The number of para-hydroxylation sites is 2. The van der Waals surface area contributed by atoms with E-state index in [4.69, 9.17) is 4.74 Å². The van der Waals surface area contributed by atoms with Crippen LogP contribution in [0, 0.1) is 11.8 Å². The van der Waals surface area contributed by atoms with Crippen LogP contribution in [0.15, 0.2) is 24.3 Å². The number of amides is 2. The molecule has 1 aromatic carbocycles. The highest BCUT2D eigenvalue weighted by molar-refractivity contribution is 5.92. The molecular weight excluding hydrogens is 342 g/mol. The Bertz CT molecular complexity index is 670. The largest absolute Gasteiger partial charge is 0.495 e. The highest BCUT2D eigenvalue weighted by Gasteiger charge is 2.50. The van der Waals surface area contributed by atoms with E-state index in [0.29, 0.717) is 19.5 Å². The van der Waals surface area contributed by atoms with Gasteiger partial charge >= 0.3 is 0 Å². The molecule has 1 aliphatic carbocycles. The van der Waals surface area contributed by atoms with E-state index in [9.17, 15) is 9.59 Å². The third-order valence-electron chi connectivity index (χ3n) is 5.67. The van der Waals surface area contributed by atoms with Gasteiger partial charge in [-0.25, -0.2) is 0 Å². The van der Waals surface area contributed by atoms with Gasteiger partial charge in [0.05, 0.1) is 24.6 Å². The summed E-state index contributed by atoms with van der Waals surface area (Å²) in [6.07, 6.45) is 2.79. The number of benzene rings is 1. The van der Waals surface area contributed by atoms with Crippen LogP contribution < -0.4 is 9.64 Å². The van der Waals surface area contributed by atoms with Crippen molar-refractivity contribution >= 4 is 17.5 Å². The number of hydrogen-bond donors (Lipinski definition) is 0. The van der Waals surface area contributed by atoms with Crippen molar-refractivity contribution in [2.45, 2.75) is 26.2 Å². The third kappa shape index (κ3) is 4.37. The van der Waals surface area contributed by atoms with Gasteiger partial charge in [-0.1, -0.05) is 25.5 Å². The van der Waals surface area contributed by atoms with E-state index in [1.807, 2.05) is 30.1 Å². The summed E-state index contributed by atoms with van der Waals surface area (Å²) in [6, 6.07) is 7.98. The first-order valence-corrected chi connectivity index (χ1v) is 9.98. The van der Waals surface area contributed by atoms with Crippen LogP contribution in [0.4, 0.5) is 5.69 Å². The summed E-state index contributed by atoms with van der Waals surface area (Å²) in [7, 11) is 3.53. The molecule has 0 spiro atoms. The molecule has 3 rings (SSSR count). The Hall–Kier alpha value is -2.24. The highest BCUT2D eigenvalue weighted by Crippen LogP contribution is 2.41. The van der Waals surface area contributed by atoms with Crippen molar-refractivity contribution in [3.05, 3.63) is 24.3 Å². The van der Waals surface area contributed by atoms with Crippen molar-refractivity contribution < 1.29 is 14.3 Å². The van der Waals surface area contributed by atoms with Gasteiger partial charge in [0.2, 0.25) is 11.8 Å².